The Kier molecular flexibility index (Phi) is 29.6. The molecule has 21 nitrogen and oxygen atoms in total. The van der Waals surface area contributed by atoms with Gasteiger partial charge in [0.1, 0.15) is 20.0 Å². The number of carbonyl (C=O) groups is 6. The number of hydrogen-bond donors (Lipinski definition) is 7. The van der Waals surface area contributed by atoms with Crippen molar-refractivity contribution in [1.82, 2.24) is 41.4 Å². The Morgan fingerprint density at radius 1 is 0.460 bits per heavy atom. The van der Waals surface area contributed by atoms with Gasteiger partial charge in [0.05, 0.1) is 50.7 Å². The number of fused-ring (bicyclic) bond motifs is 12. The molecule has 8 spiro atoms. The van der Waals surface area contributed by atoms with E-state index in [1.165, 1.54) is 60.9 Å². The second kappa shape index (κ2) is 39.3. The number of ether oxygens (including phenoxy) is 4. The fourth-order valence-corrected chi connectivity index (χ4v) is 22.7. The monoisotopic (exact) mass is 1810 g/mol. The van der Waals surface area contributed by atoms with Crippen molar-refractivity contribution in [2.75, 3.05) is 87.1 Å². The molecule has 8 amide bonds. The molecule has 4 atom stereocenters. The number of nitrogens with zero attached hydrogens (tertiary/aromatic N) is 4. The first-order chi connectivity index (χ1) is 60.0. The van der Waals surface area contributed by atoms with Crippen LogP contribution in [0.25, 0.3) is 0 Å². The molecule has 20 rings (SSSR count). The Morgan fingerprint density at radius 2 is 0.770 bits per heavy atom. The number of alkyl halides is 5. The first-order valence-corrected chi connectivity index (χ1v) is 45.9. The van der Waals surface area contributed by atoms with E-state index in [0.29, 0.717) is 34.1 Å². The minimum absolute atomic E-state index is 0. The number of nitrogens with one attached hydrogen (secondary N) is 5. The summed E-state index contributed by atoms with van der Waals surface area (Å²) in [5.41, 5.74) is 14.4. The number of hydroxylamine groups is 1. The number of guanidine groups is 1. The Balaban J connectivity index is 0.000000140. The van der Waals surface area contributed by atoms with Crippen LogP contribution in [0.1, 0.15) is 236 Å². The van der Waals surface area contributed by atoms with Crippen LogP contribution in [0.5, 0.6) is 0 Å². The molecule has 4 aromatic rings. The van der Waals surface area contributed by atoms with Gasteiger partial charge in [-0.25, -0.2) is 33.2 Å². The number of hydrogen-bond acceptors (Lipinski definition) is 15. The lowest BCUT2D eigenvalue weighted by molar-refractivity contribution is -0.139. The third-order valence-electron chi connectivity index (χ3n) is 29.4. The van der Waals surface area contributed by atoms with Gasteiger partial charge in [-0.1, -0.05) is 102 Å². The number of rotatable bonds is 11. The molecule has 0 radical (unpaired) electrons. The Labute approximate surface area is 753 Å². The molecule has 4 unspecified atom stereocenters. The number of amides is 8. The molecule has 8 N–H and O–H groups in total. The highest BCUT2D eigenvalue weighted by Crippen LogP contribution is 2.65. The lowest BCUT2D eigenvalue weighted by Crippen LogP contribution is -2.56. The number of aliphatic imine (C=N–C) groups is 1. The normalized spacial score (nSPS) is 30.8. The highest BCUT2D eigenvalue weighted by Gasteiger charge is 2.72. The molecule has 16 aliphatic rings. The third kappa shape index (κ3) is 17.5. The van der Waals surface area contributed by atoms with Gasteiger partial charge in [-0.05, 0) is 285 Å². The summed E-state index contributed by atoms with van der Waals surface area (Å²) in [6.07, 6.45) is 27.1. The van der Waals surface area contributed by atoms with E-state index in [4.69, 9.17) is 47.1 Å². The van der Waals surface area contributed by atoms with Gasteiger partial charge in [-0.2, -0.15) is 0 Å². The molecule has 0 bridgehead atoms. The molecular weight excluding hydrogens is 1690 g/mol. The van der Waals surface area contributed by atoms with Crippen LogP contribution in [0.15, 0.2) is 77.8 Å². The maximum atomic E-state index is 13.8. The van der Waals surface area contributed by atoms with Crippen molar-refractivity contribution in [2.24, 2.45) is 56.1 Å². The van der Waals surface area contributed by atoms with E-state index in [2.05, 4.69) is 127 Å². The second-order valence-corrected chi connectivity index (χ2v) is 37.6. The molecular formula is C99H123BrF4N10O11S. The van der Waals surface area contributed by atoms with Gasteiger partial charge in [0.2, 0.25) is 0 Å². The first kappa shape index (κ1) is 94.9. The summed E-state index contributed by atoms with van der Waals surface area (Å²) in [7, 11) is 8.39. The fraction of sp³-hybridized carbons (Fsp3) is 0.596. The van der Waals surface area contributed by atoms with Crippen molar-refractivity contribution in [3.05, 3.63) is 140 Å². The molecule has 0 aromatic heterocycles. The zero-order valence-corrected chi connectivity index (χ0v) is 74.1. The average Bonchev–Trinajstić information content (AvgIpc) is 1.54. The maximum Gasteiger partial charge on any atom is 0.325 e. The molecule has 676 valence electrons. The van der Waals surface area contributed by atoms with Crippen LogP contribution in [0.2, 0.25) is 0 Å². The van der Waals surface area contributed by atoms with Gasteiger partial charge in [-0.3, -0.25) is 43.6 Å². The number of thiocarbonyl (C=S) groups is 1. The third-order valence-corrected chi connectivity index (χ3v) is 30.0. The minimum Gasteiger partial charge on any atom is -0.381 e. The van der Waals surface area contributed by atoms with Crippen molar-refractivity contribution in [3.8, 4) is 47.4 Å². The highest BCUT2D eigenvalue weighted by molar-refractivity contribution is 9.09. The molecule has 12 aliphatic carbocycles. The lowest BCUT2D eigenvalue weighted by atomic mass is 9.61. The highest BCUT2D eigenvalue weighted by atomic mass is 79.9. The topological polar surface area (TPSA) is 268 Å². The van der Waals surface area contributed by atoms with Crippen molar-refractivity contribution in [3.63, 3.8) is 0 Å². The van der Waals surface area contributed by atoms with Crippen LogP contribution >= 0.6 is 28.1 Å². The Morgan fingerprint density at radius 3 is 1.11 bits per heavy atom. The minimum atomic E-state index is -1.13. The van der Waals surface area contributed by atoms with Gasteiger partial charge in [0.25, 0.3) is 23.6 Å². The van der Waals surface area contributed by atoms with E-state index in [-0.39, 0.29) is 111 Å². The quantitative estimate of drug-likeness (QED) is 0.0184. The van der Waals surface area contributed by atoms with E-state index < -0.39 is 59.7 Å². The van der Waals surface area contributed by atoms with Crippen LogP contribution in [0.4, 0.5) is 27.2 Å². The summed E-state index contributed by atoms with van der Waals surface area (Å²) in [5.74, 6) is 27.6. The fourth-order valence-electron chi connectivity index (χ4n) is 22.3. The molecule has 4 aromatic carbocycles. The summed E-state index contributed by atoms with van der Waals surface area (Å²) < 4.78 is 72.5. The number of carbonyl (C=O) groups excluding carboxylic acids is 6. The van der Waals surface area contributed by atoms with Gasteiger partial charge < -0.3 is 45.8 Å². The van der Waals surface area contributed by atoms with Gasteiger partial charge in [0.15, 0.2) is 33.2 Å². The van der Waals surface area contributed by atoms with E-state index in [1.807, 2.05) is 30.3 Å². The van der Waals surface area contributed by atoms with Crippen molar-refractivity contribution in [1.29, 1.82) is 0 Å². The maximum absolute atomic E-state index is 13.8. The summed E-state index contributed by atoms with van der Waals surface area (Å²) in [4.78, 5) is 88.1. The number of urea groups is 2. The first-order valence-electron chi connectivity index (χ1n) is 44.4. The standard InChI is InChI=1S/C24H28FN3O2.C24H27FN2O3.C24H27FN2O2S.C22H24N2O3.C2H4BrF.CH5NO.2CH4/c1-30-19-8-10-23(11-9-19)15-18-7-6-17(5-4-16-2-3-16)14-20(18)24(23)21(29)28(13-12-25)22(26)27-24;1-30-19-8-10-23(11-9-19)15-18-7-6-17(5-4-16-2-3-16)14-20(18)24(23)21(28)27(13-12-25)22(29)26-24;1-29-19-8-10-23(11-9-19)15-18-7-6-17(5-4-16-2-3-16)14-20(18)24(23)21(28)27(13-12-25)22(30)26-24;1-27-17-8-10-21(11-9-17)13-16-7-6-15(5-4-14-2-3-14)12-18(16)22(21)19(25)23-20(26)24-22;3-1-2-4;1-2-3;;/h6-7,14,16,19H,2-3,8-13,15H2,1H3,(H2,26,27);6-7,14,16,19H,2-3,8-13,15H2,1H3,(H,26,29);6-7,14,16,19H,2-3,8-13,15H2,1H3,(H,26,30);6-7,12,14,17H,2-3,8-11,13H2,1H3,(H2,23,24,25,26);1-2H2;2-3H,1H3;2*1H4. The van der Waals surface area contributed by atoms with E-state index in [1.54, 1.807) is 33.9 Å². The van der Waals surface area contributed by atoms with Crippen molar-refractivity contribution < 1.29 is 70.5 Å². The van der Waals surface area contributed by atoms with Crippen molar-refractivity contribution >= 4 is 74.9 Å². The molecule has 4 heterocycles. The average molecular weight is 1820 g/mol. The number of nitrogens with two attached hydrogens (primary N) is 1. The van der Waals surface area contributed by atoms with Crippen LogP contribution in [-0.2, 0) is 86.0 Å². The summed E-state index contributed by atoms with van der Waals surface area (Å²) >= 11 is 8.39. The van der Waals surface area contributed by atoms with Gasteiger partial charge in [0, 0.05) is 108 Å². The van der Waals surface area contributed by atoms with E-state index in [0.717, 1.165) is 207 Å². The van der Waals surface area contributed by atoms with E-state index in [9.17, 15) is 46.3 Å². The molecule has 3 saturated heterocycles. The number of benzene rings is 4. The Bertz CT molecular complexity index is 4910. The largest absolute Gasteiger partial charge is 0.381 e. The van der Waals surface area contributed by atoms with E-state index >= 15 is 0 Å². The molecule has 11 fully saturated rings. The number of imide groups is 2. The molecule has 4 aliphatic heterocycles. The van der Waals surface area contributed by atoms with Crippen LogP contribution in [-0.4, -0.2) is 178 Å². The molecule has 27 heteroatoms. The summed E-state index contributed by atoms with van der Waals surface area (Å²) in [6.45, 7) is -2.52. The zero-order valence-electron chi connectivity index (χ0n) is 71.7. The molecule has 8 saturated carbocycles. The lowest BCUT2D eigenvalue weighted by Gasteiger charge is -2.46. The predicted molar refractivity (Wildman–Crippen MR) is 482 cm³/mol. The predicted octanol–water partition coefficient (Wildman–Crippen LogP) is 14.5. The molecule has 126 heavy (non-hydrogen) atoms. The van der Waals surface area contributed by atoms with Gasteiger partial charge >= 0.3 is 12.1 Å². The second-order valence-electron chi connectivity index (χ2n) is 36.5. The Hall–Kier alpha value is -8.74. The summed E-state index contributed by atoms with van der Waals surface area (Å²) in [5, 5.41) is 20.2. The zero-order chi connectivity index (χ0) is 87.6. The van der Waals surface area contributed by atoms with Crippen LogP contribution < -0.4 is 32.5 Å². The smallest absolute Gasteiger partial charge is 0.325 e. The summed E-state index contributed by atoms with van der Waals surface area (Å²) in [6, 6.07) is 23.8. The number of methoxy groups -OCH3 is 4. The number of halogens is 5. The van der Waals surface area contributed by atoms with Crippen LogP contribution in [0.3, 0.4) is 0 Å². The van der Waals surface area contributed by atoms with Crippen molar-refractivity contribution in [2.45, 2.75) is 241 Å². The SMILES string of the molecule is C.C.CNO.COC1CCC2(CC1)Cc1ccc(C#CC3CC3)cc1C21N=C(N)N(CCF)C1=O.COC1CCC2(CC1)Cc1ccc(C#CC3CC3)cc1C21NC(=O)N(CCF)C1=O.COC1CCC2(CC1)Cc1ccc(C#CC3CC3)cc1C21NC(=O)NC1=O.COC1CCC2(CC1)Cc1ccc(C#CC3CC3)cc1C21NC(=S)N(CCF)C1=O.FCCBr. The van der Waals surface area contributed by atoms with Crippen LogP contribution in [0, 0.1) is 92.7 Å². The van der Waals surface area contributed by atoms with Gasteiger partial charge in [-0.15, -0.1) is 0 Å².